The van der Waals surface area contributed by atoms with E-state index < -0.39 is 0 Å². The second-order valence-electron chi connectivity index (χ2n) is 4.02. The van der Waals surface area contributed by atoms with E-state index in [0.717, 1.165) is 11.3 Å². The molecule has 1 atom stereocenters. The van der Waals surface area contributed by atoms with Gasteiger partial charge in [0.1, 0.15) is 5.75 Å². The van der Waals surface area contributed by atoms with Gasteiger partial charge in [-0.15, -0.1) is 0 Å². The van der Waals surface area contributed by atoms with Crippen molar-refractivity contribution < 1.29 is 14.2 Å². The van der Waals surface area contributed by atoms with Crippen LogP contribution in [0.2, 0.25) is 0 Å². The van der Waals surface area contributed by atoms with Crippen LogP contribution in [0, 0.1) is 0 Å². The zero-order chi connectivity index (χ0) is 14.1. The van der Waals surface area contributed by atoms with Gasteiger partial charge in [0.15, 0.2) is 6.29 Å². The molecule has 4 heteroatoms. The van der Waals surface area contributed by atoms with Gasteiger partial charge in [-0.3, -0.25) is 0 Å². The molecule has 108 valence electrons. The van der Waals surface area contributed by atoms with Gasteiger partial charge in [-0.05, 0) is 33.9 Å². The molecule has 0 aliphatic carbocycles. The Balaban J connectivity index is 2.99. The van der Waals surface area contributed by atoms with Gasteiger partial charge in [-0.25, -0.2) is 0 Å². The summed E-state index contributed by atoms with van der Waals surface area (Å²) < 4.78 is 17.0. The van der Waals surface area contributed by atoms with E-state index in [2.05, 4.69) is 5.32 Å². The highest BCUT2D eigenvalue weighted by Crippen LogP contribution is 2.28. The number of ether oxygens (including phenoxy) is 3. The van der Waals surface area contributed by atoms with Crippen molar-refractivity contribution in [1.82, 2.24) is 5.32 Å². The Labute approximate surface area is 116 Å². The maximum Gasteiger partial charge on any atom is 0.176 e. The highest BCUT2D eigenvalue weighted by molar-refractivity contribution is 5.36. The second kappa shape index (κ2) is 8.91. The zero-order valence-corrected chi connectivity index (χ0v) is 12.3. The molecular formula is C15H25NO3. The summed E-state index contributed by atoms with van der Waals surface area (Å²) in [6, 6.07) is 7.92. The van der Waals surface area contributed by atoms with E-state index in [1.54, 1.807) is 0 Å². The van der Waals surface area contributed by atoms with Gasteiger partial charge in [-0.1, -0.05) is 18.2 Å². The summed E-state index contributed by atoms with van der Waals surface area (Å²) in [5.41, 5.74) is 1.05. The lowest BCUT2D eigenvalue weighted by atomic mass is 10.1. The van der Waals surface area contributed by atoms with Gasteiger partial charge < -0.3 is 19.5 Å². The van der Waals surface area contributed by atoms with Crippen molar-refractivity contribution in [2.24, 2.45) is 0 Å². The molecule has 0 aliphatic heterocycles. The Kier molecular flexibility index (Phi) is 7.48. The summed E-state index contributed by atoms with van der Waals surface area (Å²) in [5, 5.41) is 3.26. The fourth-order valence-electron chi connectivity index (χ4n) is 2.03. The molecule has 0 aliphatic rings. The number of nitrogens with one attached hydrogen (secondary N) is 1. The van der Waals surface area contributed by atoms with Crippen LogP contribution < -0.4 is 10.1 Å². The fourth-order valence-corrected chi connectivity index (χ4v) is 2.03. The van der Waals surface area contributed by atoms with Crippen molar-refractivity contribution in [3.8, 4) is 5.75 Å². The summed E-state index contributed by atoms with van der Waals surface area (Å²) >= 11 is 0. The molecule has 1 aromatic rings. The smallest absolute Gasteiger partial charge is 0.176 e. The lowest BCUT2D eigenvalue weighted by molar-refractivity contribution is -0.154. The van der Waals surface area contributed by atoms with E-state index in [0.29, 0.717) is 19.8 Å². The highest BCUT2D eigenvalue weighted by atomic mass is 16.7. The van der Waals surface area contributed by atoms with Crippen molar-refractivity contribution in [1.29, 1.82) is 0 Å². The van der Waals surface area contributed by atoms with Crippen LogP contribution in [0.5, 0.6) is 5.75 Å². The molecular weight excluding hydrogens is 242 g/mol. The minimum absolute atomic E-state index is 0.0531. The molecule has 1 rings (SSSR count). The average Bonchev–Trinajstić information content (AvgIpc) is 2.42. The van der Waals surface area contributed by atoms with Gasteiger partial charge in [0, 0.05) is 18.8 Å². The van der Waals surface area contributed by atoms with Crippen molar-refractivity contribution in [3.63, 3.8) is 0 Å². The van der Waals surface area contributed by atoms with Crippen molar-refractivity contribution in [3.05, 3.63) is 29.8 Å². The number of rotatable bonds is 9. The van der Waals surface area contributed by atoms with Gasteiger partial charge >= 0.3 is 0 Å². The van der Waals surface area contributed by atoms with Crippen LogP contribution in [0.15, 0.2) is 24.3 Å². The molecule has 0 spiro atoms. The van der Waals surface area contributed by atoms with Crippen molar-refractivity contribution in [2.45, 2.75) is 33.1 Å². The van der Waals surface area contributed by atoms with Crippen LogP contribution in [0.4, 0.5) is 0 Å². The first-order valence-corrected chi connectivity index (χ1v) is 6.90. The van der Waals surface area contributed by atoms with E-state index >= 15 is 0 Å². The third-order valence-corrected chi connectivity index (χ3v) is 2.80. The van der Waals surface area contributed by atoms with Crippen LogP contribution in [0.25, 0.3) is 0 Å². The predicted octanol–water partition coefficient (Wildman–Crippen LogP) is 2.74. The topological polar surface area (TPSA) is 39.7 Å². The number of para-hydroxylation sites is 1. The van der Waals surface area contributed by atoms with Gasteiger partial charge in [0.05, 0.1) is 12.6 Å². The van der Waals surface area contributed by atoms with E-state index in [-0.39, 0.29) is 12.3 Å². The molecule has 0 fully saturated rings. The highest BCUT2D eigenvalue weighted by Gasteiger charge is 2.25. The number of hydrogen-bond acceptors (Lipinski definition) is 4. The van der Waals surface area contributed by atoms with Crippen LogP contribution in [0.1, 0.15) is 32.4 Å². The average molecular weight is 267 g/mol. The Hall–Kier alpha value is -1.10. The maximum absolute atomic E-state index is 5.68. The van der Waals surface area contributed by atoms with Crippen LogP contribution in [-0.4, -0.2) is 33.2 Å². The first-order chi connectivity index (χ1) is 9.28. The first kappa shape index (κ1) is 16.0. The van der Waals surface area contributed by atoms with Gasteiger partial charge in [0.25, 0.3) is 0 Å². The minimum atomic E-state index is -0.318. The van der Waals surface area contributed by atoms with Gasteiger partial charge in [-0.2, -0.15) is 0 Å². The van der Waals surface area contributed by atoms with Crippen LogP contribution in [-0.2, 0) is 9.47 Å². The van der Waals surface area contributed by atoms with Crippen LogP contribution >= 0.6 is 0 Å². The normalized spacial score (nSPS) is 12.7. The lowest BCUT2D eigenvalue weighted by Gasteiger charge is -2.28. The number of benzene rings is 1. The zero-order valence-electron chi connectivity index (χ0n) is 12.3. The molecule has 1 N–H and O–H groups in total. The summed E-state index contributed by atoms with van der Waals surface area (Å²) in [5.74, 6) is 0.869. The van der Waals surface area contributed by atoms with Gasteiger partial charge in [0.2, 0.25) is 0 Å². The lowest BCUT2D eigenvalue weighted by Crippen LogP contribution is -2.34. The molecule has 1 aromatic carbocycles. The number of hydrogen-bond donors (Lipinski definition) is 1. The molecule has 19 heavy (non-hydrogen) atoms. The third-order valence-electron chi connectivity index (χ3n) is 2.80. The quantitative estimate of drug-likeness (QED) is 0.698. The summed E-state index contributed by atoms with van der Waals surface area (Å²) in [6.45, 7) is 7.77. The summed E-state index contributed by atoms with van der Waals surface area (Å²) in [7, 11) is 1.90. The molecule has 0 heterocycles. The third kappa shape index (κ3) is 4.49. The van der Waals surface area contributed by atoms with Crippen molar-refractivity contribution in [2.75, 3.05) is 26.9 Å². The Morgan fingerprint density at radius 3 is 2.16 bits per heavy atom. The summed E-state index contributed by atoms with van der Waals surface area (Å²) in [4.78, 5) is 0. The Bertz CT molecular complexity index is 351. The standard InChI is InChI=1S/C15H25NO3/c1-5-17-13-11-9-8-10-12(13)14(16-4)15(18-6-2)19-7-3/h8-11,14-16H,5-7H2,1-4H3. The molecule has 1 unspecified atom stereocenters. The largest absolute Gasteiger partial charge is 0.494 e. The second-order valence-corrected chi connectivity index (χ2v) is 4.02. The molecule has 0 amide bonds. The first-order valence-electron chi connectivity index (χ1n) is 6.90. The minimum Gasteiger partial charge on any atom is -0.494 e. The molecule has 0 bridgehead atoms. The van der Waals surface area contributed by atoms with Crippen molar-refractivity contribution >= 4 is 0 Å². The van der Waals surface area contributed by atoms with E-state index in [1.165, 1.54) is 0 Å². The Morgan fingerprint density at radius 2 is 1.63 bits per heavy atom. The SMILES string of the molecule is CCOc1ccccc1C(NC)C(OCC)OCC. The van der Waals surface area contributed by atoms with Crippen LogP contribution in [0.3, 0.4) is 0 Å². The van der Waals surface area contributed by atoms with E-state index in [1.807, 2.05) is 52.1 Å². The molecule has 0 aromatic heterocycles. The molecule has 0 saturated heterocycles. The monoisotopic (exact) mass is 267 g/mol. The molecule has 0 saturated carbocycles. The van der Waals surface area contributed by atoms with E-state index in [4.69, 9.17) is 14.2 Å². The predicted molar refractivity (Wildman–Crippen MR) is 76.5 cm³/mol. The molecule has 0 radical (unpaired) electrons. The molecule has 4 nitrogen and oxygen atoms in total. The number of likely N-dealkylation sites (N-methyl/N-ethyl adjacent to an activating group) is 1. The Morgan fingerprint density at radius 1 is 1.00 bits per heavy atom. The maximum atomic E-state index is 5.68. The fraction of sp³-hybridized carbons (Fsp3) is 0.600. The summed E-state index contributed by atoms with van der Waals surface area (Å²) in [6.07, 6.45) is -0.318. The van der Waals surface area contributed by atoms with E-state index in [9.17, 15) is 0 Å².